The highest BCUT2D eigenvalue weighted by Crippen LogP contribution is 2.34. The van der Waals surface area contributed by atoms with Crippen molar-refractivity contribution in [2.24, 2.45) is 5.92 Å². The first-order chi connectivity index (χ1) is 14.2. The summed E-state index contributed by atoms with van der Waals surface area (Å²) in [6.45, 7) is 4.13. The monoisotopic (exact) mass is 427 g/mol. The van der Waals surface area contributed by atoms with Crippen LogP contribution in [0.15, 0.2) is 12.2 Å². The lowest BCUT2D eigenvalue weighted by molar-refractivity contribution is -0.148. The van der Waals surface area contributed by atoms with Crippen LogP contribution in [-0.2, 0) is 14.3 Å². The van der Waals surface area contributed by atoms with Gasteiger partial charge in [0.05, 0.1) is 19.3 Å². The van der Waals surface area contributed by atoms with Crippen molar-refractivity contribution in [2.45, 2.75) is 89.7 Å². The number of hydrogen-bond acceptors (Lipinski definition) is 4. The van der Waals surface area contributed by atoms with Crippen LogP contribution in [0, 0.1) is 17.8 Å². The summed E-state index contributed by atoms with van der Waals surface area (Å²) in [6.07, 6.45) is 7.08. The maximum Gasteiger partial charge on any atom is 0.327 e. The number of methoxy groups -OCH3 is 1. The predicted octanol–water partition coefficient (Wildman–Crippen LogP) is 4.09. The first kappa shape index (κ1) is 26.1. The number of nitrogens with zero attached hydrogens (tertiary/aromatic N) is 1. The second-order valence-electron chi connectivity index (χ2n) is 7.88. The van der Waals surface area contributed by atoms with Crippen LogP contribution in [0.25, 0.3) is 0 Å². The summed E-state index contributed by atoms with van der Waals surface area (Å²) in [7, 11) is 1.34. The zero-order valence-corrected chi connectivity index (χ0v) is 18.3. The summed E-state index contributed by atoms with van der Waals surface area (Å²) >= 11 is 0. The van der Waals surface area contributed by atoms with E-state index in [-0.39, 0.29) is 18.4 Å². The highest BCUT2D eigenvalue weighted by atomic mass is 19.3. The van der Waals surface area contributed by atoms with Gasteiger partial charge in [0.15, 0.2) is 0 Å². The molecule has 1 fully saturated rings. The molecule has 0 bridgehead atoms. The van der Waals surface area contributed by atoms with Crippen molar-refractivity contribution >= 4 is 11.9 Å². The Hall–Kier alpha value is -1.94. The zero-order chi connectivity index (χ0) is 22.6. The van der Waals surface area contributed by atoms with Gasteiger partial charge in [-0.2, -0.15) is 8.78 Å². The third-order valence-electron chi connectivity index (χ3n) is 5.23. The van der Waals surface area contributed by atoms with E-state index in [0.29, 0.717) is 25.7 Å². The van der Waals surface area contributed by atoms with Crippen molar-refractivity contribution in [2.75, 3.05) is 13.7 Å². The molecule has 0 aromatic carbocycles. The Balaban J connectivity index is 2.55. The third-order valence-corrected chi connectivity index (χ3v) is 5.23. The number of likely N-dealkylation sites (tertiary alicyclic amines) is 1. The average Bonchev–Trinajstić information content (AvgIpc) is 2.94. The van der Waals surface area contributed by atoms with Gasteiger partial charge in [0.25, 0.3) is 5.91 Å². The van der Waals surface area contributed by atoms with Gasteiger partial charge < -0.3 is 14.7 Å². The summed E-state index contributed by atoms with van der Waals surface area (Å²) in [5, 5.41) is 10.3. The van der Waals surface area contributed by atoms with Crippen molar-refractivity contribution in [3.63, 3.8) is 0 Å². The summed E-state index contributed by atoms with van der Waals surface area (Å²) in [6, 6.07) is -0.726. The van der Waals surface area contributed by atoms with Crippen molar-refractivity contribution < 1.29 is 28.2 Å². The number of esters is 1. The summed E-state index contributed by atoms with van der Waals surface area (Å²) in [5.74, 6) is 1.14. The lowest BCUT2D eigenvalue weighted by Crippen LogP contribution is -2.36. The molecule has 1 N–H and O–H groups in total. The molecule has 0 aliphatic carbocycles. The first-order valence-electron chi connectivity index (χ1n) is 10.8. The van der Waals surface area contributed by atoms with E-state index in [9.17, 15) is 23.5 Å². The smallest absolute Gasteiger partial charge is 0.327 e. The van der Waals surface area contributed by atoms with Crippen molar-refractivity contribution in [1.82, 2.24) is 4.90 Å². The van der Waals surface area contributed by atoms with Crippen LogP contribution in [0.4, 0.5) is 8.78 Å². The van der Waals surface area contributed by atoms with E-state index in [1.807, 2.05) is 13.8 Å². The van der Waals surface area contributed by atoms with Gasteiger partial charge in [-0.1, -0.05) is 38.8 Å². The second kappa shape index (κ2) is 13.4. The van der Waals surface area contributed by atoms with E-state index >= 15 is 0 Å². The minimum atomic E-state index is -3.37. The summed E-state index contributed by atoms with van der Waals surface area (Å²) in [5.41, 5.74) is 0. The molecule has 3 unspecified atom stereocenters. The maximum atomic E-state index is 14.0. The van der Waals surface area contributed by atoms with Gasteiger partial charge in [-0.25, -0.2) is 0 Å². The lowest BCUT2D eigenvalue weighted by Gasteiger charge is -2.22. The molecule has 1 heterocycles. The van der Waals surface area contributed by atoms with Gasteiger partial charge in [0.2, 0.25) is 0 Å². The van der Waals surface area contributed by atoms with Crippen LogP contribution in [0.2, 0.25) is 0 Å². The predicted molar refractivity (Wildman–Crippen MR) is 112 cm³/mol. The number of unbranched alkanes of at least 4 members (excludes halogenated alkanes) is 4. The Morgan fingerprint density at radius 1 is 1.33 bits per heavy atom. The molecule has 7 heteroatoms. The third kappa shape index (κ3) is 8.83. The standard InChI is InChI=1S/C23H35F2NO4/c1-4-5-6-9-12-18(2)20(27)15-14-19-17-23(24,25)22(29)26(19)16-11-8-7-10-13-21(28)30-3/h14-15,18-20,27H,4-5,7-8,10-13,16-17H2,1-3H3. The molecule has 0 spiro atoms. The molecule has 0 aromatic rings. The summed E-state index contributed by atoms with van der Waals surface area (Å²) in [4.78, 5) is 24.4. The van der Waals surface area contributed by atoms with E-state index < -0.39 is 30.4 Å². The molecule has 5 nitrogen and oxygen atoms in total. The molecule has 1 aliphatic rings. The topological polar surface area (TPSA) is 66.8 Å². The number of carbonyl (C=O) groups is 2. The van der Waals surface area contributed by atoms with E-state index in [0.717, 1.165) is 25.7 Å². The number of hydrogen-bond donors (Lipinski definition) is 1. The fraction of sp³-hybridized carbons (Fsp3) is 0.739. The molecule has 1 saturated heterocycles. The number of alkyl halides is 2. The number of ether oxygens (including phenoxy) is 1. The SMILES string of the molecule is CCCC#CCC(C)C(O)C=CC1CC(F)(F)C(=O)N1CCCCCCC(=O)OC. The van der Waals surface area contributed by atoms with Gasteiger partial charge in [0.1, 0.15) is 0 Å². The van der Waals surface area contributed by atoms with E-state index in [4.69, 9.17) is 0 Å². The van der Waals surface area contributed by atoms with E-state index in [1.54, 1.807) is 0 Å². The van der Waals surface area contributed by atoms with Crippen LogP contribution in [-0.4, -0.2) is 53.6 Å². The highest BCUT2D eigenvalue weighted by molar-refractivity contribution is 5.86. The first-order valence-corrected chi connectivity index (χ1v) is 10.8. The Kier molecular flexibility index (Phi) is 11.6. The number of aliphatic hydroxyl groups is 1. The van der Waals surface area contributed by atoms with E-state index in [2.05, 4.69) is 16.6 Å². The molecule has 0 radical (unpaired) electrons. The average molecular weight is 428 g/mol. The Labute approximate surface area is 178 Å². The van der Waals surface area contributed by atoms with Crippen LogP contribution in [0.1, 0.15) is 71.6 Å². The normalized spacial score (nSPS) is 20.1. The minimum absolute atomic E-state index is 0.119. The van der Waals surface area contributed by atoms with Gasteiger partial charge in [-0.3, -0.25) is 9.59 Å². The molecule has 1 rings (SSSR count). The van der Waals surface area contributed by atoms with Crippen LogP contribution < -0.4 is 0 Å². The lowest BCUT2D eigenvalue weighted by atomic mass is 9.99. The number of halogens is 2. The second-order valence-corrected chi connectivity index (χ2v) is 7.88. The Morgan fingerprint density at radius 2 is 2.03 bits per heavy atom. The van der Waals surface area contributed by atoms with Crippen molar-refractivity contribution in [3.8, 4) is 11.8 Å². The largest absolute Gasteiger partial charge is 0.469 e. The molecule has 0 saturated carbocycles. The van der Waals surface area contributed by atoms with Crippen LogP contribution >= 0.6 is 0 Å². The zero-order valence-electron chi connectivity index (χ0n) is 18.3. The van der Waals surface area contributed by atoms with Crippen LogP contribution in [0.3, 0.4) is 0 Å². The number of rotatable bonds is 12. The number of amides is 1. The molecule has 3 atom stereocenters. The van der Waals surface area contributed by atoms with Crippen molar-refractivity contribution in [1.29, 1.82) is 0 Å². The highest BCUT2D eigenvalue weighted by Gasteiger charge is 2.52. The minimum Gasteiger partial charge on any atom is -0.469 e. The van der Waals surface area contributed by atoms with Gasteiger partial charge in [-0.05, 0) is 25.2 Å². The van der Waals surface area contributed by atoms with Crippen LogP contribution in [0.5, 0.6) is 0 Å². The molecule has 170 valence electrons. The van der Waals surface area contributed by atoms with Crippen molar-refractivity contribution in [3.05, 3.63) is 12.2 Å². The molecular formula is C23H35F2NO4. The maximum absolute atomic E-state index is 14.0. The number of aliphatic hydroxyl groups excluding tert-OH is 1. The quantitative estimate of drug-likeness (QED) is 0.220. The summed E-state index contributed by atoms with van der Waals surface area (Å²) < 4.78 is 32.5. The number of carbonyl (C=O) groups excluding carboxylic acids is 2. The molecule has 0 aromatic heterocycles. The van der Waals surface area contributed by atoms with Gasteiger partial charge in [-0.15, -0.1) is 11.8 Å². The molecular weight excluding hydrogens is 392 g/mol. The van der Waals surface area contributed by atoms with Gasteiger partial charge in [0, 0.05) is 32.2 Å². The molecule has 1 aliphatic heterocycles. The molecule has 1 amide bonds. The Morgan fingerprint density at radius 3 is 2.70 bits per heavy atom. The fourth-order valence-electron chi connectivity index (χ4n) is 3.27. The Bertz CT molecular complexity index is 639. The van der Waals surface area contributed by atoms with E-state index in [1.165, 1.54) is 24.2 Å². The van der Waals surface area contributed by atoms with Gasteiger partial charge >= 0.3 is 11.9 Å². The fourth-order valence-corrected chi connectivity index (χ4v) is 3.27. The molecule has 30 heavy (non-hydrogen) atoms.